The highest BCUT2D eigenvalue weighted by Gasteiger charge is 2.65. The maximum atomic E-state index is 14.0. The Bertz CT molecular complexity index is 1850. The van der Waals surface area contributed by atoms with Crippen LogP contribution in [0.5, 0.6) is 11.5 Å². The van der Waals surface area contributed by atoms with Crippen molar-refractivity contribution >= 4 is 23.4 Å². The van der Waals surface area contributed by atoms with Crippen molar-refractivity contribution in [1.29, 1.82) is 0 Å². The largest absolute Gasteiger partial charge is 0.493 e. The molecule has 0 saturated heterocycles. The summed E-state index contributed by atoms with van der Waals surface area (Å²) in [5, 5.41) is 24.7. The van der Waals surface area contributed by atoms with Crippen molar-refractivity contribution in [2.24, 2.45) is 28.8 Å². The smallest absolute Gasteiger partial charge is 0.239 e. The fourth-order valence-corrected chi connectivity index (χ4v) is 9.94. The van der Waals surface area contributed by atoms with Gasteiger partial charge in [-0.3, -0.25) is 4.79 Å². The Morgan fingerprint density at radius 1 is 1.00 bits per heavy atom. The first-order valence-electron chi connectivity index (χ1n) is 20.8. The van der Waals surface area contributed by atoms with Gasteiger partial charge in [0.1, 0.15) is 24.1 Å². The van der Waals surface area contributed by atoms with Gasteiger partial charge in [-0.2, -0.15) is 0 Å². The van der Waals surface area contributed by atoms with Gasteiger partial charge in [0, 0.05) is 54.7 Å². The summed E-state index contributed by atoms with van der Waals surface area (Å²) in [6, 6.07) is 26.0. The van der Waals surface area contributed by atoms with Gasteiger partial charge in [-0.05, 0) is 91.8 Å². The van der Waals surface area contributed by atoms with Crippen LogP contribution in [0.15, 0.2) is 113 Å². The number of nitrogens with zero attached hydrogens (tertiary/aromatic N) is 2. The number of aliphatic hydroxyl groups is 2. The van der Waals surface area contributed by atoms with E-state index < -0.39 is 11.8 Å². The minimum Gasteiger partial charge on any atom is -0.493 e. The molecule has 304 valence electrons. The average molecular weight is 795 g/mol. The van der Waals surface area contributed by atoms with Crippen molar-refractivity contribution in [3.05, 3.63) is 114 Å². The molecule has 1 amide bonds. The van der Waals surface area contributed by atoms with Crippen LogP contribution in [-0.4, -0.2) is 77.8 Å². The van der Waals surface area contributed by atoms with Crippen LogP contribution >= 0.6 is 11.8 Å². The van der Waals surface area contributed by atoms with Gasteiger partial charge in [-0.15, -0.1) is 18.3 Å². The molecule has 6 atom stereocenters. The zero-order valence-electron chi connectivity index (χ0n) is 33.2. The lowest BCUT2D eigenvalue weighted by Gasteiger charge is -2.59. The summed E-state index contributed by atoms with van der Waals surface area (Å²) in [5.74, 6) is 1.04. The van der Waals surface area contributed by atoms with E-state index in [-0.39, 0.29) is 55.3 Å². The summed E-state index contributed by atoms with van der Waals surface area (Å²) in [6.07, 6.45) is 11.2. The van der Waals surface area contributed by atoms with Crippen molar-refractivity contribution < 1.29 is 34.1 Å². The molecule has 9 nitrogen and oxygen atoms in total. The number of oxime groups is 1. The van der Waals surface area contributed by atoms with Gasteiger partial charge in [0.05, 0.1) is 24.8 Å². The number of aliphatic hydroxyl groups excluding tert-OH is 2. The molecule has 7 rings (SSSR count). The van der Waals surface area contributed by atoms with E-state index in [9.17, 15) is 15.0 Å². The summed E-state index contributed by atoms with van der Waals surface area (Å²) in [6.45, 7) is 5.40. The van der Waals surface area contributed by atoms with E-state index in [4.69, 9.17) is 24.2 Å². The Morgan fingerprint density at radius 2 is 1.74 bits per heavy atom. The standard InChI is InChI=1S/C47H58N2O7S/c1-3-26-54-47-43(49(2)46(52)34-20-21-34)31-41(48-55-32-33-14-6-4-7-15-33)39-29-35(16-10-12-24-50)38(19-11-13-25-51)44(45(39)47)40-30-36(22-23-42(40)56-47)53-27-28-57-37-17-8-5-9-18-37/h3-9,14-15,17-18,22-23,29-30,34-35,38,43-45,50-51H,1,10-13,16,19-21,24-28,31-32H2,2H3/t35-,38+,43-,44+,45+,47+/m0/s1. The first kappa shape index (κ1) is 41.1. The summed E-state index contributed by atoms with van der Waals surface area (Å²) < 4.78 is 20.7. The summed E-state index contributed by atoms with van der Waals surface area (Å²) in [4.78, 5) is 23.3. The molecule has 0 spiro atoms. The van der Waals surface area contributed by atoms with Crippen LogP contribution in [-0.2, 0) is 21.0 Å². The second-order valence-corrected chi connectivity index (χ2v) is 16.9. The average Bonchev–Trinajstić information content (AvgIpc) is 4.09. The quantitative estimate of drug-likeness (QED) is 0.0478. The highest BCUT2D eigenvalue weighted by Crippen LogP contribution is 2.62. The number of hydrogen-bond acceptors (Lipinski definition) is 9. The van der Waals surface area contributed by atoms with Crippen LogP contribution in [0, 0.1) is 23.7 Å². The molecule has 4 aliphatic rings. The Morgan fingerprint density at radius 3 is 2.46 bits per heavy atom. The topological polar surface area (TPSA) is 110 Å². The predicted molar refractivity (Wildman–Crippen MR) is 224 cm³/mol. The molecule has 0 radical (unpaired) electrons. The van der Waals surface area contributed by atoms with Crippen LogP contribution in [0.3, 0.4) is 0 Å². The molecule has 1 aliphatic heterocycles. The second kappa shape index (κ2) is 19.6. The number of carbonyl (C=O) groups is 1. The van der Waals surface area contributed by atoms with Crippen LogP contribution in [0.2, 0.25) is 0 Å². The SMILES string of the molecule is C=CCO[C@@]12Oc3ccc(OCCSc4ccccc4)cc3[C@H]3[C@H](CCCCO)[C@@H](CCCCO)C=C(C(=NOCc4ccccc4)C[C@@H]1N(C)C(=O)C1CC1)[C@H]32. The molecule has 3 aromatic carbocycles. The number of benzene rings is 3. The molecular weight excluding hydrogens is 737 g/mol. The summed E-state index contributed by atoms with van der Waals surface area (Å²) >= 11 is 1.77. The zero-order valence-corrected chi connectivity index (χ0v) is 34.0. The van der Waals surface area contributed by atoms with Gasteiger partial charge in [-0.1, -0.05) is 78.7 Å². The highest BCUT2D eigenvalue weighted by atomic mass is 32.2. The lowest BCUT2D eigenvalue weighted by molar-refractivity contribution is -0.255. The molecule has 2 fully saturated rings. The lowest BCUT2D eigenvalue weighted by atomic mass is 9.55. The minimum atomic E-state index is -1.24. The third-order valence-electron chi connectivity index (χ3n) is 12.0. The zero-order chi connectivity index (χ0) is 39.6. The predicted octanol–water partition coefficient (Wildman–Crippen LogP) is 8.56. The lowest BCUT2D eigenvalue weighted by Crippen LogP contribution is -2.69. The van der Waals surface area contributed by atoms with Crippen LogP contribution in [0.25, 0.3) is 0 Å². The molecule has 2 N–H and O–H groups in total. The number of thioether (sulfide) groups is 1. The molecule has 0 unspecified atom stereocenters. The monoisotopic (exact) mass is 794 g/mol. The van der Waals surface area contributed by atoms with Crippen LogP contribution < -0.4 is 9.47 Å². The first-order valence-corrected chi connectivity index (χ1v) is 21.8. The minimum absolute atomic E-state index is 0.00182. The molecule has 57 heavy (non-hydrogen) atoms. The number of carbonyl (C=O) groups excluding carboxylic acids is 1. The third-order valence-corrected chi connectivity index (χ3v) is 13.0. The molecule has 0 bridgehead atoms. The number of amides is 1. The summed E-state index contributed by atoms with van der Waals surface area (Å²) in [7, 11) is 1.89. The van der Waals surface area contributed by atoms with E-state index in [1.54, 1.807) is 17.8 Å². The number of hydrogen-bond donors (Lipinski definition) is 2. The molecular formula is C47H58N2O7S. The van der Waals surface area contributed by atoms with E-state index in [0.29, 0.717) is 26.1 Å². The maximum absolute atomic E-state index is 14.0. The van der Waals surface area contributed by atoms with E-state index in [0.717, 1.165) is 84.6 Å². The molecule has 0 aromatic heterocycles. The third kappa shape index (κ3) is 9.46. The van der Waals surface area contributed by atoms with Crippen LogP contribution in [0.4, 0.5) is 0 Å². The van der Waals surface area contributed by atoms with Gasteiger partial charge in [-0.25, -0.2) is 0 Å². The highest BCUT2D eigenvalue weighted by molar-refractivity contribution is 7.99. The molecule has 10 heteroatoms. The van der Waals surface area contributed by atoms with E-state index in [1.807, 2.05) is 72.6 Å². The Labute approximate surface area is 342 Å². The maximum Gasteiger partial charge on any atom is 0.239 e. The van der Waals surface area contributed by atoms with E-state index in [1.165, 1.54) is 4.90 Å². The normalized spacial score (nSPS) is 25.4. The Hall–Kier alpha value is -4.09. The fourth-order valence-electron chi connectivity index (χ4n) is 9.18. The number of likely N-dealkylation sites (N-methyl/N-ethyl adjacent to an activating group) is 1. The first-order chi connectivity index (χ1) is 28.0. The number of unbranched alkanes of at least 4 members (excludes halogenated alkanes) is 2. The summed E-state index contributed by atoms with van der Waals surface area (Å²) in [5.41, 5.74) is 3.91. The molecule has 3 aromatic rings. The van der Waals surface area contributed by atoms with E-state index >= 15 is 0 Å². The van der Waals surface area contributed by atoms with Crippen LogP contribution in [0.1, 0.15) is 74.8 Å². The van der Waals surface area contributed by atoms with Gasteiger partial charge in [0.2, 0.25) is 11.7 Å². The fraction of sp³-hybridized carbons (Fsp3) is 0.489. The van der Waals surface area contributed by atoms with Crippen molar-refractivity contribution in [3.63, 3.8) is 0 Å². The molecule has 3 aliphatic carbocycles. The van der Waals surface area contributed by atoms with Gasteiger partial charge in [0.25, 0.3) is 0 Å². The van der Waals surface area contributed by atoms with Crippen molar-refractivity contribution in [2.45, 2.75) is 87.0 Å². The molecule has 1 heterocycles. The molecule has 2 saturated carbocycles. The van der Waals surface area contributed by atoms with Crippen molar-refractivity contribution in [3.8, 4) is 11.5 Å². The van der Waals surface area contributed by atoms with Gasteiger partial charge in [0.15, 0.2) is 0 Å². The number of fused-ring (bicyclic) bond motifs is 2. The van der Waals surface area contributed by atoms with E-state index in [2.05, 4.69) is 30.9 Å². The number of ether oxygens (including phenoxy) is 3. The Balaban J connectivity index is 1.33. The Kier molecular flexibility index (Phi) is 14.1. The number of rotatable bonds is 21. The second-order valence-electron chi connectivity index (χ2n) is 15.8. The van der Waals surface area contributed by atoms with Gasteiger partial charge >= 0.3 is 0 Å². The van der Waals surface area contributed by atoms with Crippen molar-refractivity contribution in [2.75, 3.05) is 39.2 Å². The van der Waals surface area contributed by atoms with Gasteiger partial charge < -0.3 is 34.2 Å². The number of allylic oxidation sites excluding steroid dienone is 1. The van der Waals surface area contributed by atoms with Crippen molar-refractivity contribution in [1.82, 2.24) is 4.90 Å².